The van der Waals surface area contributed by atoms with Crippen LogP contribution in [0.2, 0.25) is 0 Å². The highest BCUT2D eigenvalue weighted by atomic mass is 32.2. The molecule has 2 aromatic heterocycles. The van der Waals surface area contributed by atoms with E-state index < -0.39 is 5.97 Å². The van der Waals surface area contributed by atoms with Crippen molar-refractivity contribution in [3.63, 3.8) is 0 Å². The summed E-state index contributed by atoms with van der Waals surface area (Å²) in [4.78, 5) is 25.4. The maximum absolute atomic E-state index is 12.7. The maximum atomic E-state index is 12.7. The number of nitrogens with one attached hydrogen (secondary N) is 1. The normalized spacial score (nSPS) is 14.2. The molecule has 1 aliphatic rings. The lowest BCUT2D eigenvalue weighted by atomic mass is 9.89. The number of thioether (sulfide) groups is 1. The minimum Gasteiger partial charge on any atom is -0.462 e. The summed E-state index contributed by atoms with van der Waals surface area (Å²) in [5.41, 5.74) is 2.05. The van der Waals surface area contributed by atoms with E-state index in [1.165, 1.54) is 42.4 Å². The summed E-state index contributed by atoms with van der Waals surface area (Å²) < 4.78 is 7.28. The number of rotatable bonds is 8. The molecule has 1 aromatic carbocycles. The number of nitrogens with zero attached hydrogens (tertiary/aromatic N) is 3. The molecule has 0 bridgehead atoms. The largest absolute Gasteiger partial charge is 0.462 e. The second-order valence-corrected chi connectivity index (χ2v) is 9.83. The first-order valence-electron chi connectivity index (χ1n) is 11.2. The minimum atomic E-state index is -0.439. The zero-order valence-corrected chi connectivity index (χ0v) is 20.5. The van der Waals surface area contributed by atoms with Gasteiger partial charge in [0, 0.05) is 23.9 Å². The minimum absolute atomic E-state index is 0.178. The number of carbonyl (C=O) groups excluding carboxylic acids is 2. The van der Waals surface area contributed by atoms with E-state index >= 15 is 0 Å². The van der Waals surface area contributed by atoms with Gasteiger partial charge in [0.2, 0.25) is 5.91 Å². The fraction of sp³-hybridized carbons (Fsp3) is 0.417. The van der Waals surface area contributed by atoms with Crippen molar-refractivity contribution in [2.75, 3.05) is 17.7 Å². The summed E-state index contributed by atoms with van der Waals surface area (Å²) in [6, 6.07) is 9.62. The van der Waals surface area contributed by atoms with Gasteiger partial charge in [-0.2, -0.15) is 0 Å². The number of thiophene rings is 1. The first-order chi connectivity index (χ1) is 16.1. The third-order valence-corrected chi connectivity index (χ3v) is 7.70. The van der Waals surface area contributed by atoms with Crippen molar-refractivity contribution in [3.8, 4) is 11.1 Å². The Morgan fingerprint density at radius 3 is 2.67 bits per heavy atom. The van der Waals surface area contributed by atoms with E-state index in [0.29, 0.717) is 16.5 Å². The van der Waals surface area contributed by atoms with Gasteiger partial charge in [-0.25, -0.2) is 4.79 Å². The molecule has 0 atom stereocenters. The van der Waals surface area contributed by atoms with Crippen molar-refractivity contribution in [1.82, 2.24) is 14.8 Å². The Kier molecular flexibility index (Phi) is 7.82. The fourth-order valence-electron chi connectivity index (χ4n) is 4.15. The molecule has 1 amide bonds. The Labute approximate surface area is 201 Å². The Balaban J connectivity index is 1.45. The number of ether oxygens (including phenoxy) is 1. The molecule has 1 aliphatic carbocycles. The quantitative estimate of drug-likeness (QED) is 0.336. The molecule has 0 aliphatic heterocycles. The van der Waals surface area contributed by atoms with Crippen LogP contribution in [0.3, 0.4) is 0 Å². The average Bonchev–Trinajstić information content (AvgIpc) is 3.42. The van der Waals surface area contributed by atoms with Crippen LogP contribution >= 0.6 is 23.1 Å². The van der Waals surface area contributed by atoms with Crippen LogP contribution in [0.25, 0.3) is 11.1 Å². The number of carbonyl (C=O) groups is 2. The third-order valence-electron chi connectivity index (χ3n) is 5.78. The van der Waals surface area contributed by atoms with Crippen LogP contribution in [-0.4, -0.2) is 39.0 Å². The Morgan fingerprint density at radius 2 is 1.94 bits per heavy atom. The first-order valence-corrected chi connectivity index (χ1v) is 13.1. The van der Waals surface area contributed by atoms with Crippen LogP contribution < -0.4 is 5.32 Å². The van der Waals surface area contributed by atoms with Crippen LogP contribution in [0.1, 0.15) is 61.1 Å². The highest BCUT2D eigenvalue weighted by Crippen LogP contribution is 2.36. The number of hydrogen-bond acceptors (Lipinski definition) is 7. The van der Waals surface area contributed by atoms with Gasteiger partial charge >= 0.3 is 5.97 Å². The maximum Gasteiger partial charge on any atom is 0.341 e. The van der Waals surface area contributed by atoms with Crippen molar-refractivity contribution in [2.45, 2.75) is 50.1 Å². The van der Waals surface area contributed by atoms with Crippen molar-refractivity contribution in [2.24, 2.45) is 7.05 Å². The molecule has 174 valence electrons. The molecule has 3 aromatic rings. The molecule has 0 unspecified atom stereocenters. The predicted octanol–water partition coefficient (Wildman–Crippen LogP) is 5.50. The summed E-state index contributed by atoms with van der Waals surface area (Å²) in [5.74, 6) is 1.000. The molecular formula is C24H28N4O3S2. The molecule has 33 heavy (non-hydrogen) atoms. The van der Waals surface area contributed by atoms with Gasteiger partial charge in [-0.3, -0.25) is 4.79 Å². The first kappa shape index (κ1) is 23.5. The summed E-state index contributed by atoms with van der Waals surface area (Å²) in [6.07, 6.45) is 6.05. The molecule has 2 heterocycles. The van der Waals surface area contributed by atoms with Crippen molar-refractivity contribution in [3.05, 3.63) is 47.1 Å². The zero-order valence-electron chi connectivity index (χ0n) is 18.9. The topological polar surface area (TPSA) is 86.1 Å². The number of amides is 1. The van der Waals surface area contributed by atoms with E-state index in [9.17, 15) is 9.59 Å². The highest BCUT2D eigenvalue weighted by Gasteiger charge is 2.24. The van der Waals surface area contributed by atoms with Crippen LogP contribution in [0.4, 0.5) is 5.00 Å². The molecular weight excluding hydrogens is 456 g/mol. The van der Waals surface area contributed by atoms with Crippen LogP contribution in [-0.2, 0) is 16.6 Å². The van der Waals surface area contributed by atoms with Gasteiger partial charge in [0.05, 0.1) is 12.4 Å². The summed E-state index contributed by atoms with van der Waals surface area (Å²) in [5, 5.41) is 14.7. The Hall–Kier alpha value is -2.65. The number of esters is 1. The number of aromatic nitrogens is 3. The molecule has 7 nitrogen and oxygen atoms in total. The van der Waals surface area contributed by atoms with Crippen molar-refractivity contribution < 1.29 is 14.3 Å². The van der Waals surface area contributed by atoms with Crippen LogP contribution in [0.5, 0.6) is 0 Å². The third kappa shape index (κ3) is 5.47. The predicted molar refractivity (Wildman–Crippen MR) is 132 cm³/mol. The number of benzene rings is 1. The molecule has 1 fully saturated rings. The summed E-state index contributed by atoms with van der Waals surface area (Å²) >= 11 is 2.68. The summed E-state index contributed by atoms with van der Waals surface area (Å²) in [7, 11) is 1.97. The number of hydrogen-bond donors (Lipinski definition) is 1. The van der Waals surface area contributed by atoms with Crippen molar-refractivity contribution >= 4 is 40.0 Å². The zero-order chi connectivity index (χ0) is 23.2. The van der Waals surface area contributed by atoms with Gasteiger partial charge in [0.25, 0.3) is 0 Å². The lowest BCUT2D eigenvalue weighted by molar-refractivity contribution is -0.113. The smallest absolute Gasteiger partial charge is 0.341 e. The van der Waals surface area contributed by atoms with Crippen LogP contribution in [0.15, 0.2) is 40.9 Å². The Bertz CT molecular complexity index is 1100. The lowest BCUT2D eigenvalue weighted by Crippen LogP contribution is -2.17. The van der Waals surface area contributed by atoms with E-state index in [1.807, 2.05) is 47.3 Å². The molecule has 0 radical (unpaired) electrons. The van der Waals surface area contributed by atoms with E-state index in [-0.39, 0.29) is 18.3 Å². The second-order valence-electron chi connectivity index (χ2n) is 8.01. The lowest BCUT2D eigenvalue weighted by Gasteiger charge is -2.20. The molecule has 1 saturated carbocycles. The van der Waals surface area contributed by atoms with E-state index in [2.05, 4.69) is 15.5 Å². The van der Waals surface area contributed by atoms with E-state index in [4.69, 9.17) is 4.74 Å². The van der Waals surface area contributed by atoms with Gasteiger partial charge in [0.1, 0.15) is 16.4 Å². The molecule has 1 N–H and O–H groups in total. The molecule has 9 heteroatoms. The van der Waals surface area contributed by atoms with Gasteiger partial charge in [-0.05, 0) is 25.3 Å². The SMILES string of the molecule is CCOC(=O)c1c(-c2ccccc2)csc1NC(=O)CSc1nnc(C2CCCCC2)n1C. The van der Waals surface area contributed by atoms with E-state index in [1.54, 1.807) is 6.92 Å². The van der Waals surface area contributed by atoms with E-state index in [0.717, 1.165) is 34.9 Å². The van der Waals surface area contributed by atoms with Gasteiger partial charge in [-0.1, -0.05) is 61.4 Å². The van der Waals surface area contributed by atoms with Gasteiger partial charge < -0.3 is 14.6 Å². The summed E-state index contributed by atoms with van der Waals surface area (Å²) in [6.45, 7) is 2.03. The molecule has 0 saturated heterocycles. The highest BCUT2D eigenvalue weighted by molar-refractivity contribution is 7.99. The standard InChI is InChI=1S/C24H28N4O3S2/c1-3-31-23(30)20-18(16-10-6-4-7-11-16)14-32-22(20)25-19(29)15-33-24-27-26-21(28(24)2)17-12-8-5-9-13-17/h4,6-7,10-11,14,17H,3,5,8-9,12-13,15H2,1-2H3,(H,25,29). The van der Waals surface area contributed by atoms with Gasteiger partial charge in [0.15, 0.2) is 5.16 Å². The van der Waals surface area contributed by atoms with Crippen molar-refractivity contribution in [1.29, 1.82) is 0 Å². The fourth-order valence-corrected chi connectivity index (χ4v) is 5.84. The number of anilines is 1. The average molecular weight is 485 g/mol. The Morgan fingerprint density at radius 1 is 1.18 bits per heavy atom. The van der Waals surface area contributed by atoms with Crippen LogP contribution in [0, 0.1) is 0 Å². The molecule has 0 spiro atoms. The molecule has 4 rings (SSSR count). The monoisotopic (exact) mass is 484 g/mol. The second kappa shape index (κ2) is 11.0. The van der Waals surface area contributed by atoms with Gasteiger partial charge in [-0.15, -0.1) is 21.5 Å².